The smallest absolute Gasteiger partial charge is 0.0964 e. The predicted octanol–water partition coefficient (Wildman–Crippen LogP) is 1.51. The molecule has 0 N–H and O–H groups in total. The van der Waals surface area contributed by atoms with Gasteiger partial charge in [-0.05, 0) is 25.3 Å². The molecule has 2 aliphatic rings. The molecule has 2 saturated heterocycles. The first kappa shape index (κ1) is 8.52. The topological polar surface area (TPSA) is 15.8 Å². The van der Waals surface area contributed by atoms with Gasteiger partial charge >= 0.3 is 0 Å². The molecular weight excluding hydrogens is 150 g/mol. The molecule has 0 radical (unpaired) electrons. The molecule has 0 amide bonds. The Morgan fingerprint density at radius 3 is 2.83 bits per heavy atom. The molecule has 2 nitrogen and oxygen atoms in total. The normalized spacial score (nSPS) is 36.2. The molecule has 0 aromatic heterocycles. The predicted molar refractivity (Wildman–Crippen MR) is 49.2 cm³/mol. The minimum absolute atomic E-state index is 0.589. The van der Waals surface area contributed by atoms with E-state index in [4.69, 9.17) is 4.74 Å². The maximum atomic E-state index is 5.36. The number of epoxide rings is 1. The molecule has 2 aliphatic heterocycles. The van der Waals surface area contributed by atoms with Gasteiger partial charge in [0.1, 0.15) is 0 Å². The van der Waals surface area contributed by atoms with Crippen LogP contribution in [0.1, 0.15) is 26.7 Å². The van der Waals surface area contributed by atoms with E-state index in [0.717, 1.165) is 18.6 Å². The summed E-state index contributed by atoms with van der Waals surface area (Å²) in [6.45, 7) is 8.15. The van der Waals surface area contributed by atoms with Gasteiger partial charge in [-0.1, -0.05) is 13.8 Å². The Morgan fingerprint density at radius 2 is 2.25 bits per heavy atom. The quantitative estimate of drug-likeness (QED) is 0.595. The number of rotatable bonds is 3. The zero-order chi connectivity index (χ0) is 8.55. The highest BCUT2D eigenvalue weighted by Gasteiger charge is 2.39. The van der Waals surface area contributed by atoms with E-state index < -0.39 is 0 Å². The summed E-state index contributed by atoms with van der Waals surface area (Å²) in [5.41, 5.74) is 0. The Labute approximate surface area is 74.9 Å². The van der Waals surface area contributed by atoms with Crippen LogP contribution in [0.3, 0.4) is 0 Å². The summed E-state index contributed by atoms with van der Waals surface area (Å²) in [6, 6.07) is 0.757. The maximum Gasteiger partial charge on any atom is 0.0964 e. The average molecular weight is 169 g/mol. The van der Waals surface area contributed by atoms with E-state index in [1.165, 1.54) is 25.9 Å². The Balaban J connectivity index is 1.85. The first-order valence-corrected chi connectivity index (χ1v) is 5.13. The van der Waals surface area contributed by atoms with Crippen molar-refractivity contribution >= 4 is 0 Å². The Kier molecular flexibility index (Phi) is 2.37. The van der Waals surface area contributed by atoms with Gasteiger partial charge in [-0.15, -0.1) is 0 Å². The van der Waals surface area contributed by atoms with Gasteiger partial charge in [0.2, 0.25) is 0 Å². The summed E-state index contributed by atoms with van der Waals surface area (Å²) in [6.07, 6.45) is 3.32. The van der Waals surface area contributed by atoms with Crippen LogP contribution in [0.4, 0.5) is 0 Å². The number of ether oxygens (including phenoxy) is 1. The van der Waals surface area contributed by atoms with Crippen LogP contribution in [0.2, 0.25) is 0 Å². The van der Waals surface area contributed by atoms with Gasteiger partial charge in [-0.3, -0.25) is 4.90 Å². The molecular formula is C10H19NO. The fourth-order valence-electron chi connectivity index (χ4n) is 2.25. The molecule has 70 valence electrons. The van der Waals surface area contributed by atoms with Crippen LogP contribution >= 0.6 is 0 Å². The largest absolute Gasteiger partial charge is 0.371 e. The summed E-state index contributed by atoms with van der Waals surface area (Å²) in [4.78, 5) is 2.61. The molecule has 2 heteroatoms. The summed E-state index contributed by atoms with van der Waals surface area (Å²) < 4.78 is 5.36. The van der Waals surface area contributed by atoms with Crippen molar-refractivity contribution in [3.8, 4) is 0 Å². The third-order valence-electron chi connectivity index (χ3n) is 2.80. The third kappa shape index (κ3) is 1.80. The van der Waals surface area contributed by atoms with Crippen LogP contribution in [-0.2, 0) is 4.74 Å². The molecule has 12 heavy (non-hydrogen) atoms. The van der Waals surface area contributed by atoms with Gasteiger partial charge in [0.15, 0.2) is 0 Å². The van der Waals surface area contributed by atoms with Crippen molar-refractivity contribution in [3.63, 3.8) is 0 Å². The minimum Gasteiger partial charge on any atom is -0.371 e. The lowest BCUT2D eigenvalue weighted by atomic mass is 10.1. The highest BCUT2D eigenvalue weighted by molar-refractivity contribution is 4.91. The van der Waals surface area contributed by atoms with Gasteiger partial charge in [-0.25, -0.2) is 0 Å². The third-order valence-corrected chi connectivity index (χ3v) is 2.80. The van der Waals surface area contributed by atoms with Crippen LogP contribution in [-0.4, -0.2) is 36.7 Å². The molecule has 2 fully saturated rings. The summed E-state index contributed by atoms with van der Waals surface area (Å²) in [5.74, 6) is 0.796. The second kappa shape index (κ2) is 3.35. The molecule has 0 spiro atoms. The van der Waals surface area contributed by atoms with Crippen LogP contribution in [0.5, 0.6) is 0 Å². The van der Waals surface area contributed by atoms with Crippen molar-refractivity contribution in [1.82, 2.24) is 4.90 Å². The SMILES string of the molecule is CC(C)CN1CCC[C@H]1[C@@H]1CO1. The molecule has 0 bridgehead atoms. The number of nitrogens with zero attached hydrogens (tertiary/aromatic N) is 1. The van der Waals surface area contributed by atoms with E-state index in [9.17, 15) is 0 Å². The summed E-state index contributed by atoms with van der Waals surface area (Å²) in [5, 5.41) is 0. The molecule has 2 atom stereocenters. The fraction of sp³-hybridized carbons (Fsp3) is 1.00. The lowest BCUT2D eigenvalue weighted by Gasteiger charge is -2.24. The second-order valence-corrected chi connectivity index (χ2v) is 4.47. The van der Waals surface area contributed by atoms with Crippen molar-refractivity contribution in [1.29, 1.82) is 0 Å². The molecule has 0 saturated carbocycles. The van der Waals surface area contributed by atoms with Gasteiger partial charge in [0, 0.05) is 12.6 Å². The van der Waals surface area contributed by atoms with Crippen LogP contribution < -0.4 is 0 Å². The lowest BCUT2D eigenvalue weighted by Crippen LogP contribution is -2.36. The van der Waals surface area contributed by atoms with Crippen molar-refractivity contribution < 1.29 is 4.74 Å². The van der Waals surface area contributed by atoms with E-state index in [1.807, 2.05) is 0 Å². The van der Waals surface area contributed by atoms with Crippen LogP contribution in [0.25, 0.3) is 0 Å². The van der Waals surface area contributed by atoms with Crippen molar-refractivity contribution in [2.45, 2.75) is 38.8 Å². The van der Waals surface area contributed by atoms with Crippen molar-refractivity contribution in [2.24, 2.45) is 5.92 Å². The van der Waals surface area contributed by atoms with Crippen molar-refractivity contribution in [3.05, 3.63) is 0 Å². The molecule has 0 aromatic carbocycles. The first-order chi connectivity index (χ1) is 5.77. The first-order valence-electron chi connectivity index (χ1n) is 5.13. The maximum absolute atomic E-state index is 5.36. The zero-order valence-electron chi connectivity index (χ0n) is 8.12. The molecule has 0 aromatic rings. The Bertz CT molecular complexity index is 154. The monoisotopic (exact) mass is 169 g/mol. The zero-order valence-corrected chi connectivity index (χ0v) is 8.12. The lowest BCUT2D eigenvalue weighted by molar-refractivity contribution is 0.190. The molecule has 2 rings (SSSR count). The van der Waals surface area contributed by atoms with Gasteiger partial charge in [0.05, 0.1) is 12.7 Å². The second-order valence-electron chi connectivity index (χ2n) is 4.47. The van der Waals surface area contributed by atoms with Crippen LogP contribution in [0, 0.1) is 5.92 Å². The van der Waals surface area contributed by atoms with Crippen LogP contribution in [0.15, 0.2) is 0 Å². The average Bonchev–Trinajstić information content (AvgIpc) is 2.73. The molecule has 2 heterocycles. The Hall–Kier alpha value is -0.0800. The van der Waals surface area contributed by atoms with E-state index in [1.54, 1.807) is 0 Å². The number of likely N-dealkylation sites (tertiary alicyclic amines) is 1. The highest BCUT2D eigenvalue weighted by Crippen LogP contribution is 2.28. The fourth-order valence-corrected chi connectivity index (χ4v) is 2.25. The molecule has 0 unspecified atom stereocenters. The van der Waals surface area contributed by atoms with Crippen molar-refractivity contribution in [2.75, 3.05) is 19.7 Å². The number of hydrogen-bond donors (Lipinski definition) is 0. The summed E-state index contributed by atoms with van der Waals surface area (Å²) >= 11 is 0. The highest BCUT2D eigenvalue weighted by atomic mass is 16.6. The van der Waals surface area contributed by atoms with Gasteiger partial charge in [0.25, 0.3) is 0 Å². The van der Waals surface area contributed by atoms with Gasteiger partial charge in [-0.2, -0.15) is 0 Å². The number of hydrogen-bond acceptors (Lipinski definition) is 2. The molecule has 0 aliphatic carbocycles. The van der Waals surface area contributed by atoms with E-state index >= 15 is 0 Å². The summed E-state index contributed by atoms with van der Waals surface area (Å²) in [7, 11) is 0. The van der Waals surface area contributed by atoms with E-state index in [2.05, 4.69) is 18.7 Å². The van der Waals surface area contributed by atoms with E-state index in [-0.39, 0.29) is 0 Å². The van der Waals surface area contributed by atoms with E-state index in [0.29, 0.717) is 6.10 Å². The standard InChI is InChI=1S/C10H19NO/c1-8(2)6-11-5-3-4-9(11)10-7-12-10/h8-10H,3-7H2,1-2H3/t9-,10-/m0/s1. The van der Waals surface area contributed by atoms with Gasteiger partial charge < -0.3 is 4.74 Å². The Morgan fingerprint density at radius 1 is 1.50 bits per heavy atom. The minimum atomic E-state index is 0.589.